The lowest BCUT2D eigenvalue weighted by atomic mass is 9.66. The van der Waals surface area contributed by atoms with Crippen LogP contribution in [0.25, 0.3) is 0 Å². The second-order valence-electron chi connectivity index (χ2n) is 14.2. The molecule has 0 N–H and O–H groups in total. The van der Waals surface area contributed by atoms with Crippen molar-refractivity contribution in [3.63, 3.8) is 0 Å². The zero-order valence-corrected chi connectivity index (χ0v) is 28.6. The van der Waals surface area contributed by atoms with Gasteiger partial charge in [0.05, 0.1) is 12.7 Å². The summed E-state index contributed by atoms with van der Waals surface area (Å²) < 4.78 is 32.7. The van der Waals surface area contributed by atoms with Gasteiger partial charge in [-0.3, -0.25) is 9.59 Å². The van der Waals surface area contributed by atoms with Crippen molar-refractivity contribution in [1.82, 2.24) is 0 Å². The summed E-state index contributed by atoms with van der Waals surface area (Å²) in [4.78, 5) is 27.2. The summed E-state index contributed by atoms with van der Waals surface area (Å²) in [6.45, 7) is 16.5. The van der Waals surface area contributed by atoms with Crippen molar-refractivity contribution < 1.29 is 33.0 Å². The molecule has 7 nitrogen and oxygen atoms in total. The standard InChI is InChI=1S/C36H48O7Si/c1-10-25-21-30(37)34(7,42-25)22-28-31-29(41-32(38)35(31,8)36(39-9,43-28)24(2)3)23-40-44(33(4,5)6,26-17-13-11-14-18-26)27-19-15-12-16-20-27/h11-21,24,28-29,31H,10,22-23H2,1-9H3/t28-,29+,31+,34-,35+,36+/m0/s1. The maximum Gasteiger partial charge on any atom is 0.318 e. The van der Waals surface area contributed by atoms with E-state index in [1.54, 1.807) is 13.2 Å². The molecule has 0 radical (unpaired) electrons. The second-order valence-corrected chi connectivity index (χ2v) is 18.5. The predicted octanol–water partition coefficient (Wildman–Crippen LogP) is 5.55. The highest BCUT2D eigenvalue weighted by molar-refractivity contribution is 6.99. The van der Waals surface area contributed by atoms with Crippen molar-refractivity contribution in [1.29, 1.82) is 0 Å². The molecule has 2 fully saturated rings. The number of ketones is 1. The van der Waals surface area contributed by atoms with Crippen LogP contribution >= 0.6 is 0 Å². The van der Waals surface area contributed by atoms with Crippen LogP contribution < -0.4 is 10.4 Å². The molecule has 44 heavy (non-hydrogen) atoms. The fourth-order valence-corrected chi connectivity index (χ4v) is 12.7. The quantitative estimate of drug-likeness (QED) is 0.255. The Hall–Kier alpha value is -2.78. The highest BCUT2D eigenvalue weighted by Crippen LogP contribution is 2.61. The van der Waals surface area contributed by atoms with E-state index in [2.05, 4.69) is 69.3 Å². The van der Waals surface area contributed by atoms with Gasteiger partial charge in [0.15, 0.2) is 11.4 Å². The van der Waals surface area contributed by atoms with Crippen LogP contribution in [0.3, 0.4) is 0 Å². The van der Waals surface area contributed by atoms with Crippen molar-refractivity contribution in [3.8, 4) is 0 Å². The van der Waals surface area contributed by atoms with E-state index in [9.17, 15) is 9.59 Å². The number of allylic oxidation sites excluding steroid dienone is 1. The first-order chi connectivity index (χ1) is 20.7. The second kappa shape index (κ2) is 11.5. The number of rotatable bonds is 10. The molecule has 0 saturated carbocycles. The molecule has 238 valence electrons. The van der Waals surface area contributed by atoms with Gasteiger partial charge >= 0.3 is 5.97 Å². The minimum atomic E-state index is -2.92. The molecule has 0 amide bonds. The number of carbonyl (C=O) groups is 2. The number of cyclic esters (lactones) is 1. The van der Waals surface area contributed by atoms with Crippen LogP contribution in [0.4, 0.5) is 0 Å². The molecule has 8 heteroatoms. The fraction of sp³-hybridized carbons (Fsp3) is 0.556. The van der Waals surface area contributed by atoms with Crippen LogP contribution in [0.1, 0.15) is 68.2 Å². The zero-order chi connectivity index (χ0) is 32.1. The van der Waals surface area contributed by atoms with E-state index < -0.39 is 43.2 Å². The van der Waals surface area contributed by atoms with Crippen LogP contribution in [0, 0.1) is 17.3 Å². The lowest BCUT2D eigenvalue weighted by molar-refractivity contribution is -0.279. The van der Waals surface area contributed by atoms with Crippen molar-refractivity contribution >= 4 is 30.4 Å². The Labute approximate surface area is 263 Å². The minimum absolute atomic E-state index is 0.0931. The van der Waals surface area contributed by atoms with Gasteiger partial charge in [-0.1, -0.05) is 102 Å². The van der Waals surface area contributed by atoms with E-state index in [1.807, 2.05) is 46.8 Å². The number of ether oxygens (including phenoxy) is 4. The van der Waals surface area contributed by atoms with E-state index in [4.69, 9.17) is 23.4 Å². The van der Waals surface area contributed by atoms with Gasteiger partial charge in [0.1, 0.15) is 17.3 Å². The predicted molar refractivity (Wildman–Crippen MR) is 172 cm³/mol. The lowest BCUT2D eigenvalue weighted by Crippen LogP contribution is -2.67. The number of methoxy groups -OCH3 is 1. The average molecular weight is 621 g/mol. The van der Waals surface area contributed by atoms with Crippen molar-refractivity contribution in [2.24, 2.45) is 17.3 Å². The maximum absolute atomic E-state index is 14.0. The number of benzene rings is 2. The Morgan fingerprint density at radius 3 is 1.95 bits per heavy atom. The third kappa shape index (κ3) is 4.80. The monoisotopic (exact) mass is 620 g/mol. The number of hydrogen-bond donors (Lipinski definition) is 0. The van der Waals surface area contributed by atoms with E-state index in [1.165, 1.54) is 0 Å². The molecule has 3 heterocycles. The Morgan fingerprint density at radius 1 is 0.932 bits per heavy atom. The van der Waals surface area contributed by atoms with E-state index in [0.717, 1.165) is 10.4 Å². The summed E-state index contributed by atoms with van der Waals surface area (Å²) in [5.74, 6) is -1.66. The maximum atomic E-state index is 14.0. The van der Waals surface area contributed by atoms with Gasteiger partial charge in [0, 0.05) is 37.9 Å². The largest absolute Gasteiger partial charge is 0.484 e. The Morgan fingerprint density at radius 2 is 1.50 bits per heavy atom. The van der Waals surface area contributed by atoms with Crippen LogP contribution in [0.5, 0.6) is 0 Å². The molecule has 0 bridgehead atoms. The van der Waals surface area contributed by atoms with Gasteiger partial charge in [0.2, 0.25) is 5.78 Å². The summed E-state index contributed by atoms with van der Waals surface area (Å²) >= 11 is 0. The highest BCUT2D eigenvalue weighted by atomic mass is 28.4. The summed E-state index contributed by atoms with van der Waals surface area (Å²) in [5.41, 5.74) is -2.23. The molecule has 0 unspecified atom stereocenters. The Kier molecular flexibility index (Phi) is 8.55. The third-order valence-electron chi connectivity index (χ3n) is 10.3. The van der Waals surface area contributed by atoms with Crippen LogP contribution in [-0.2, 0) is 33.0 Å². The van der Waals surface area contributed by atoms with E-state index in [-0.39, 0.29) is 35.7 Å². The normalized spacial score (nSPS) is 32.0. The van der Waals surface area contributed by atoms with E-state index >= 15 is 0 Å². The lowest BCUT2D eigenvalue weighted by Gasteiger charge is -2.43. The SMILES string of the molecule is CCC1=CC(=O)[C@](C)(C[C@@H]2O[C@](OC)(C(C)C)[C@@]3(C)C(=O)O[C@H](CO[Si](c4ccccc4)(c4ccccc4)C(C)(C)C)[C@@H]23)O1. The van der Waals surface area contributed by atoms with Crippen molar-refractivity contribution in [3.05, 3.63) is 72.5 Å². The Bertz CT molecular complexity index is 1360. The molecular weight excluding hydrogens is 572 g/mol. The molecule has 3 aliphatic rings. The summed E-state index contributed by atoms with van der Waals surface area (Å²) in [6, 6.07) is 20.8. The van der Waals surface area contributed by atoms with Gasteiger partial charge in [-0.2, -0.15) is 0 Å². The number of hydrogen-bond acceptors (Lipinski definition) is 7. The molecule has 6 atom stereocenters. The van der Waals surface area contributed by atoms with Crippen LogP contribution in [0.2, 0.25) is 5.04 Å². The van der Waals surface area contributed by atoms with Gasteiger partial charge in [-0.25, -0.2) is 0 Å². The van der Waals surface area contributed by atoms with Gasteiger partial charge < -0.3 is 23.4 Å². The van der Waals surface area contributed by atoms with Crippen LogP contribution in [0.15, 0.2) is 72.5 Å². The summed E-state index contributed by atoms with van der Waals surface area (Å²) in [6.07, 6.45) is 1.29. The first kappa shape index (κ1) is 32.6. The van der Waals surface area contributed by atoms with E-state index in [0.29, 0.717) is 12.2 Å². The first-order valence-corrected chi connectivity index (χ1v) is 17.7. The number of carbonyl (C=O) groups excluding carboxylic acids is 2. The molecule has 2 aromatic rings. The molecule has 0 aliphatic carbocycles. The third-order valence-corrected chi connectivity index (χ3v) is 15.3. The smallest absolute Gasteiger partial charge is 0.318 e. The molecule has 3 aliphatic heterocycles. The van der Waals surface area contributed by atoms with Gasteiger partial charge in [0.25, 0.3) is 8.32 Å². The summed E-state index contributed by atoms with van der Waals surface area (Å²) in [5, 5.41) is 2.05. The van der Waals surface area contributed by atoms with Crippen molar-refractivity contribution in [2.75, 3.05) is 13.7 Å². The highest BCUT2D eigenvalue weighted by Gasteiger charge is 2.75. The molecular formula is C36H48O7Si. The number of esters is 1. The summed E-state index contributed by atoms with van der Waals surface area (Å²) in [7, 11) is -1.34. The minimum Gasteiger partial charge on any atom is -0.484 e. The first-order valence-electron chi connectivity index (χ1n) is 15.8. The zero-order valence-electron chi connectivity index (χ0n) is 27.6. The van der Waals surface area contributed by atoms with Crippen molar-refractivity contribution in [2.45, 2.75) is 96.9 Å². The van der Waals surface area contributed by atoms with Crippen LogP contribution in [-0.4, -0.2) is 57.4 Å². The molecule has 2 saturated heterocycles. The molecule has 0 spiro atoms. The molecule has 5 rings (SSSR count). The fourth-order valence-electron chi connectivity index (χ4n) is 8.12. The number of fused-ring (bicyclic) bond motifs is 1. The van der Waals surface area contributed by atoms with Gasteiger partial charge in [-0.05, 0) is 29.3 Å². The topological polar surface area (TPSA) is 80.3 Å². The molecule has 0 aromatic heterocycles. The Balaban J connectivity index is 1.57. The molecule has 2 aromatic carbocycles. The average Bonchev–Trinajstić information content (AvgIpc) is 3.53. The van der Waals surface area contributed by atoms with Gasteiger partial charge in [-0.15, -0.1) is 0 Å².